The maximum Gasteiger partial charge on any atom is 0.183 e. The highest BCUT2D eigenvalue weighted by Crippen LogP contribution is 2.30. The monoisotopic (exact) mass is 315 g/mol. The summed E-state index contributed by atoms with van der Waals surface area (Å²) in [4.78, 5) is 8.10. The van der Waals surface area contributed by atoms with E-state index in [1.807, 2.05) is 6.07 Å². The van der Waals surface area contributed by atoms with E-state index in [9.17, 15) is 0 Å². The number of H-pyrrole nitrogens is 1. The molecule has 0 unspecified atom stereocenters. The van der Waals surface area contributed by atoms with Gasteiger partial charge in [-0.2, -0.15) is 10.4 Å². The van der Waals surface area contributed by atoms with E-state index in [0.717, 1.165) is 9.86 Å². The van der Waals surface area contributed by atoms with Crippen LogP contribution in [0.4, 0.5) is 0 Å². The third-order valence-electron chi connectivity index (χ3n) is 2.46. The summed E-state index contributed by atoms with van der Waals surface area (Å²) in [5.41, 5.74) is 0.843. The molecule has 0 atom stereocenters. The summed E-state index contributed by atoms with van der Waals surface area (Å²) in [5.74, 6) is 0.945. The Morgan fingerprint density at radius 1 is 1.26 bits per heavy atom. The van der Waals surface area contributed by atoms with Crippen molar-refractivity contribution in [1.29, 1.82) is 5.26 Å². The van der Waals surface area contributed by atoms with E-state index in [1.54, 1.807) is 30.7 Å². The van der Waals surface area contributed by atoms with Crippen LogP contribution in [0.5, 0.6) is 11.5 Å². The van der Waals surface area contributed by atoms with Gasteiger partial charge in [0.25, 0.3) is 0 Å². The topological polar surface area (TPSA) is 87.5 Å². The lowest BCUT2D eigenvalue weighted by Gasteiger charge is -2.07. The SMILES string of the molecule is N#Cc1ncc(Br)cc1Oc1ccnc2[nH]ncc12. The number of hydrogen-bond acceptors (Lipinski definition) is 5. The number of aromatic nitrogens is 4. The third kappa shape index (κ3) is 2.13. The molecule has 3 aromatic rings. The zero-order valence-corrected chi connectivity index (χ0v) is 11.0. The van der Waals surface area contributed by atoms with Crippen LogP contribution in [0.3, 0.4) is 0 Å². The molecule has 6 nitrogen and oxygen atoms in total. The van der Waals surface area contributed by atoms with Gasteiger partial charge in [0.05, 0.1) is 11.6 Å². The summed E-state index contributed by atoms with van der Waals surface area (Å²) in [6, 6.07) is 5.39. The zero-order valence-electron chi connectivity index (χ0n) is 9.46. The third-order valence-corrected chi connectivity index (χ3v) is 2.89. The lowest BCUT2D eigenvalue weighted by Crippen LogP contribution is -1.92. The van der Waals surface area contributed by atoms with Gasteiger partial charge >= 0.3 is 0 Å². The molecule has 0 bridgehead atoms. The van der Waals surface area contributed by atoms with Crippen LogP contribution in [0.25, 0.3) is 11.0 Å². The molecule has 3 rings (SSSR count). The van der Waals surface area contributed by atoms with Gasteiger partial charge in [-0.3, -0.25) is 5.10 Å². The van der Waals surface area contributed by atoms with Crippen molar-refractivity contribution in [2.24, 2.45) is 0 Å². The number of aromatic amines is 1. The van der Waals surface area contributed by atoms with Gasteiger partial charge in [0.2, 0.25) is 0 Å². The molecule has 92 valence electrons. The van der Waals surface area contributed by atoms with E-state index in [-0.39, 0.29) is 5.69 Å². The molecule has 0 aliphatic heterocycles. The molecule has 1 N–H and O–H groups in total. The molecular formula is C12H6BrN5O. The average molecular weight is 316 g/mol. The molecule has 0 radical (unpaired) electrons. The van der Waals surface area contributed by atoms with Gasteiger partial charge in [-0.25, -0.2) is 9.97 Å². The number of hydrogen-bond donors (Lipinski definition) is 1. The number of pyridine rings is 2. The van der Waals surface area contributed by atoms with Gasteiger partial charge in [-0.15, -0.1) is 0 Å². The van der Waals surface area contributed by atoms with Crippen molar-refractivity contribution in [3.63, 3.8) is 0 Å². The summed E-state index contributed by atoms with van der Waals surface area (Å²) in [7, 11) is 0. The Morgan fingerprint density at radius 3 is 3.00 bits per heavy atom. The molecule has 19 heavy (non-hydrogen) atoms. The Bertz CT molecular complexity index is 792. The number of nitriles is 1. The van der Waals surface area contributed by atoms with Crippen molar-refractivity contribution in [3.05, 3.63) is 40.9 Å². The molecule has 0 amide bonds. The van der Waals surface area contributed by atoms with Crippen molar-refractivity contribution in [2.75, 3.05) is 0 Å². The second-order valence-corrected chi connectivity index (χ2v) is 4.57. The fraction of sp³-hybridized carbons (Fsp3) is 0. The maximum absolute atomic E-state index is 9.02. The first kappa shape index (κ1) is 11.6. The number of ether oxygens (including phenoxy) is 1. The van der Waals surface area contributed by atoms with Crippen molar-refractivity contribution in [3.8, 4) is 17.6 Å². The van der Waals surface area contributed by atoms with Gasteiger partial charge in [0.15, 0.2) is 17.1 Å². The molecule has 3 aromatic heterocycles. The molecule has 0 fully saturated rings. The van der Waals surface area contributed by atoms with E-state index in [1.165, 1.54) is 0 Å². The second-order valence-electron chi connectivity index (χ2n) is 3.66. The summed E-state index contributed by atoms with van der Waals surface area (Å²) < 4.78 is 6.47. The molecule has 0 aromatic carbocycles. The molecular weight excluding hydrogens is 310 g/mol. The molecule has 7 heteroatoms. The summed E-state index contributed by atoms with van der Waals surface area (Å²) >= 11 is 3.30. The molecule has 0 spiro atoms. The first-order valence-corrected chi connectivity index (χ1v) is 6.09. The number of fused-ring (bicyclic) bond motifs is 1. The summed E-state index contributed by atoms with van der Waals surface area (Å²) in [6.07, 6.45) is 4.77. The van der Waals surface area contributed by atoms with Gasteiger partial charge < -0.3 is 4.74 Å². The number of nitrogens with one attached hydrogen (secondary N) is 1. The Kier molecular flexibility index (Phi) is 2.85. The smallest absolute Gasteiger partial charge is 0.183 e. The Labute approximate surface area is 116 Å². The van der Waals surface area contributed by atoms with Gasteiger partial charge in [-0.05, 0) is 28.1 Å². The van der Waals surface area contributed by atoms with Crippen LogP contribution in [-0.2, 0) is 0 Å². The van der Waals surface area contributed by atoms with Crippen molar-refractivity contribution >= 4 is 27.0 Å². The molecule has 0 aliphatic carbocycles. The fourth-order valence-corrected chi connectivity index (χ4v) is 1.93. The molecule has 0 saturated heterocycles. The quantitative estimate of drug-likeness (QED) is 0.785. The van der Waals surface area contributed by atoms with Gasteiger partial charge in [-0.1, -0.05) is 0 Å². The van der Waals surface area contributed by atoms with Crippen LogP contribution < -0.4 is 4.74 Å². The maximum atomic E-state index is 9.02. The first-order valence-electron chi connectivity index (χ1n) is 5.29. The normalized spacial score (nSPS) is 10.3. The standard InChI is InChI=1S/C12H6BrN5O/c13-7-3-11(9(4-14)16-5-7)19-10-1-2-15-12-8(10)6-17-18-12/h1-3,5-6H,(H,15,17,18). The second kappa shape index (κ2) is 4.66. The molecule has 0 saturated carbocycles. The van der Waals surface area contributed by atoms with E-state index in [0.29, 0.717) is 17.1 Å². The van der Waals surface area contributed by atoms with Crippen LogP contribution in [-0.4, -0.2) is 20.2 Å². The fourth-order valence-electron chi connectivity index (χ4n) is 1.62. The lowest BCUT2D eigenvalue weighted by molar-refractivity contribution is 0.483. The highest BCUT2D eigenvalue weighted by Gasteiger charge is 2.10. The van der Waals surface area contributed by atoms with Crippen LogP contribution >= 0.6 is 15.9 Å². The minimum Gasteiger partial charge on any atom is -0.453 e. The Balaban J connectivity index is 2.09. The number of halogens is 1. The number of rotatable bonds is 2. The largest absolute Gasteiger partial charge is 0.453 e. The first-order chi connectivity index (χ1) is 9.28. The highest BCUT2D eigenvalue weighted by molar-refractivity contribution is 9.10. The predicted octanol–water partition coefficient (Wildman–Crippen LogP) is 2.78. The van der Waals surface area contributed by atoms with Crippen LogP contribution in [0.1, 0.15) is 5.69 Å². The predicted molar refractivity (Wildman–Crippen MR) is 70.6 cm³/mol. The Hall–Kier alpha value is -2.46. The van der Waals surface area contributed by atoms with E-state index >= 15 is 0 Å². The van der Waals surface area contributed by atoms with Gasteiger partial charge in [0, 0.05) is 16.9 Å². The van der Waals surface area contributed by atoms with E-state index in [2.05, 4.69) is 36.1 Å². The van der Waals surface area contributed by atoms with Crippen LogP contribution in [0, 0.1) is 11.3 Å². The van der Waals surface area contributed by atoms with Crippen molar-refractivity contribution in [2.45, 2.75) is 0 Å². The average Bonchev–Trinajstić information content (AvgIpc) is 2.88. The minimum absolute atomic E-state index is 0.219. The lowest BCUT2D eigenvalue weighted by atomic mass is 10.3. The summed E-state index contributed by atoms with van der Waals surface area (Å²) in [5, 5.41) is 16.4. The number of nitrogens with zero attached hydrogens (tertiary/aromatic N) is 4. The minimum atomic E-state index is 0.219. The van der Waals surface area contributed by atoms with Crippen LogP contribution in [0.2, 0.25) is 0 Å². The van der Waals surface area contributed by atoms with Crippen molar-refractivity contribution in [1.82, 2.24) is 20.2 Å². The van der Waals surface area contributed by atoms with Gasteiger partial charge in [0.1, 0.15) is 11.8 Å². The Morgan fingerprint density at radius 2 is 2.16 bits per heavy atom. The van der Waals surface area contributed by atoms with E-state index < -0.39 is 0 Å². The van der Waals surface area contributed by atoms with Crippen molar-refractivity contribution < 1.29 is 4.74 Å². The molecule has 0 aliphatic rings. The summed E-state index contributed by atoms with van der Waals surface area (Å²) in [6.45, 7) is 0. The molecule has 3 heterocycles. The van der Waals surface area contributed by atoms with Crippen LogP contribution in [0.15, 0.2) is 35.2 Å². The zero-order chi connectivity index (χ0) is 13.2. The highest BCUT2D eigenvalue weighted by atomic mass is 79.9. The van der Waals surface area contributed by atoms with E-state index in [4.69, 9.17) is 10.00 Å².